The largest absolute Gasteiger partial charge is 0.462 e. The minimum absolute atomic E-state index is 0.320. The van der Waals surface area contributed by atoms with Gasteiger partial charge in [0, 0.05) is 17.6 Å². The number of esters is 1. The van der Waals surface area contributed by atoms with Crippen molar-refractivity contribution in [2.24, 2.45) is 0 Å². The van der Waals surface area contributed by atoms with Crippen molar-refractivity contribution < 1.29 is 9.53 Å². The molecule has 0 saturated carbocycles. The van der Waals surface area contributed by atoms with E-state index in [1.54, 1.807) is 6.92 Å². The number of benzene rings is 2. The van der Waals surface area contributed by atoms with E-state index in [1.807, 2.05) is 60.8 Å². The summed E-state index contributed by atoms with van der Waals surface area (Å²) in [6.45, 7) is 2.14. The van der Waals surface area contributed by atoms with Gasteiger partial charge in [-0.1, -0.05) is 60.1 Å². The third-order valence-corrected chi connectivity index (χ3v) is 4.21. The summed E-state index contributed by atoms with van der Waals surface area (Å²) < 4.78 is 5.27. The van der Waals surface area contributed by atoms with Gasteiger partial charge in [0.25, 0.3) is 0 Å². The molecule has 0 radical (unpaired) electrons. The Morgan fingerprint density at radius 1 is 1.04 bits per heavy atom. The van der Waals surface area contributed by atoms with Crippen LogP contribution in [-0.2, 0) is 11.2 Å². The molecule has 1 heterocycles. The normalized spacial score (nSPS) is 10.6. The summed E-state index contributed by atoms with van der Waals surface area (Å²) in [6, 6.07) is 17.4. The highest BCUT2D eigenvalue weighted by atomic mass is 35.5. The molecule has 1 aromatic heterocycles. The third kappa shape index (κ3) is 3.36. The van der Waals surface area contributed by atoms with Crippen LogP contribution in [0.2, 0.25) is 5.02 Å². The lowest BCUT2D eigenvalue weighted by molar-refractivity contribution is 0.0526. The Balaban J connectivity index is 2.05. The average Bonchev–Trinajstić information content (AvgIpc) is 3.02. The number of aromatic nitrogens is 1. The van der Waals surface area contributed by atoms with Crippen molar-refractivity contribution in [2.75, 3.05) is 6.61 Å². The van der Waals surface area contributed by atoms with E-state index in [2.05, 4.69) is 4.98 Å². The van der Waals surface area contributed by atoms with Crippen LogP contribution in [-0.4, -0.2) is 17.6 Å². The quantitative estimate of drug-likeness (QED) is 0.657. The number of carbonyl (C=O) groups is 1. The van der Waals surface area contributed by atoms with E-state index in [4.69, 9.17) is 16.3 Å². The van der Waals surface area contributed by atoms with Crippen molar-refractivity contribution in [3.63, 3.8) is 0 Å². The molecule has 0 aliphatic rings. The first-order valence-corrected chi connectivity index (χ1v) is 8.24. The number of carbonyl (C=O) groups excluding carboxylic acids is 1. The number of H-pyrrole nitrogens is 1. The van der Waals surface area contributed by atoms with Crippen LogP contribution >= 0.6 is 11.6 Å². The summed E-state index contributed by atoms with van der Waals surface area (Å²) in [5.74, 6) is -0.320. The second-order valence-electron chi connectivity index (χ2n) is 5.42. The zero-order valence-electron chi connectivity index (χ0n) is 13.4. The highest BCUT2D eigenvalue weighted by Gasteiger charge is 2.21. The van der Waals surface area contributed by atoms with Crippen molar-refractivity contribution in [2.45, 2.75) is 13.3 Å². The summed E-state index contributed by atoms with van der Waals surface area (Å²) >= 11 is 6.26. The van der Waals surface area contributed by atoms with Crippen LogP contribution in [0, 0.1) is 0 Å². The second-order valence-corrected chi connectivity index (χ2v) is 5.83. The number of ether oxygens (including phenoxy) is 1. The van der Waals surface area contributed by atoms with Gasteiger partial charge in [0.2, 0.25) is 0 Å². The molecule has 0 aliphatic carbocycles. The molecule has 3 aromatic rings. The van der Waals surface area contributed by atoms with Gasteiger partial charge in [-0.3, -0.25) is 0 Å². The lowest BCUT2D eigenvalue weighted by Crippen LogP contribution is -2.08. The molecule has 0 saturated heterocycles. The van der Waals surface area contributed by atoms with Crippen molar-refractivity contribution in [3.05, 3.63) is 82.5 Å². The number of hydrogen-bond donors (Lipinski definition) is 1. The Labute approximate surface area is 146 Å². The molecular weight excluding hydrogens is 322 g/mol. The molecule has 1 N–H and O–H groups in total. The average molecular weight is 340 g/mol. The van der Waals surface area contributed by atoms with Gasteiger partial charge in [-0.25, -0.2) is 4.79 Å². The molecule has 3 rings (SSSR count). The fraction of sp³-hybridized carbons (Fsp3) is 0.150. The van der Waals surface area contributed by atoms with Crippen LogP contribution < -0.4 is 0 Å². The number of rotatable bonds is 5. The first kappa shape index (κ1) is 16.3. The predicted octanol–water partition coefficient (Wildman–Crippen LogP) is 5.10. The maximum absolute atomic E-state index is 12.5. The first-order valence-electron chi connectivity index (χ1n) is 7.87. The molecule has 0 aliphatic heterocycles. The summed E-state index contributed by atoms with van der Waals surface area (Å²) in [6.07, 6.45) is 2.43. The molecule has 4 heteroatoms. The van der Waals surface area contributed by atoms with E-state index < -0.39 is 0 Å². The Morgan fingerprint density at radius 3 is 2.46 bits per heavy atom. The van der Waals surface area contributed by atoms with Crippen LogP contribution in [0.4, 0.5) is 0 Å². The summed E-state index contributed by atoms with van der Waals surface area (Å²) in [4.78, 5) is 15.7. The van der Waals surface area contributed by atoms with Crippen LogP contribution in [0.3, 0.4) is 0 Å². The molecule has 122 valence electrons. The molecule has 2 aromatic carbocycles. The number of hydrogen-bond acceptors (Lipinski definition) is 2. The highest BCUT2D eigenvalue weighted by molar-refractivity contribution is 6.31. The molecular formula is C20H18ClNO2. The maximum Gasteiger partial charge on any atom is 0.340 e. The van der Waals surface area contributed by atoms with Gasteiger partial charge in [-0.2, -0.15) is 0 Å². The molecule has 0 atom stereocenters. The Morgan fingerprint density at radius 2 is 1.75 bits per heavy atom. The van der Waals surface area contributed by atoms with Crippen LogP contribution in [0.25, 0.3) is 11.3 Å². The summed E-state index contributed by atoms with van der Waals surface area (Å²) in [5, 5.41) is 0.690. The SMILES string of the molecule is CCOC(=O)c1c(Cc2ccccc2Cl)c[nH]c1-c1ccccc1. The third-order valence-electron chi connectivity index (χ3n) is 3.84. The Kier molecular flexibility index (Phi) is 5.02. The van der Waals surface area contributed by atoms with E-state index in [0.29, 0.717) is 23.6 Å². The minimum atomic E-state index is -0.320. The summed E-state index contributed by atoms with van der Waals surface area (Å²) in [7, 11) is 0. The summed E-state index contributed by atoms with van der Waals surface area (Å²) in [5.41, 5.74) is 4.15. The zero-order valence-corrected chi connectivity index (χ0v) is 14.1. The van der Waals surface area contributed by atoms with E-state index in [1.165, 1.54) is 0 Å². The number of aromatic amines is 1. The van der Waals surface area contributed by atoms with Crippen molar-refractivity contribution in [1.82, 2.24) is 4.98 Å². The predicted molar refractivity (Wildman–Crippen MR) is 96.4 cm³/mol. The smallest absolute Gasteiger partial charge is 0.340 e. The fourth-order valence-corrected chi connectivity index (χ4v) is 2.92. The molecule has 3 nitrogen and oxygen atoms in total. The highest BCUT2D eigenvalue weighted by Crippen LogP contribution is 2.29. The van der Waals surface area contributed by atoms with Crippen LogP contribution in [0.1, 0.15) is 28.4 Å². The molecule has 0 spiro atoms. The van der Waals surface area contributed by atoms with E-state index in [9.17, 15) is 4.79 Å². The maximum atomic E-state index is 12.5. The molecule has 0 fully saturated rings. The minimum Gasteiger partial charge on any atom is -0.462 e. The van der Waals surface area contributed by atoms with Gasteiger partial charge in [-0.05, 0) is 29.7 Å². The van der Waals surface area contributed by atoms with Gasteiger partial charge < -0.3 is 9.72 Å². The van der Waals surface area contributed by atoms with E-state index in [0.717, 1.165) is 22.4 Å². The topological polar surface area (TPSA) is 42.1 Å². The Hall–Kier alpha value is -2.52. The molecule has 24 heavy (non-hydrogen) atoms. The van der Waals surface area contributed by atoms with Crippen molar-refractivity contribution in [3.8, 4) is 11.3 Å². The molecule has 0 unspecified atom stereocenters. The van der Waals surface area contributed by atoms with Crippen LogP contribution in [0.5, 0.6) is 0 Å². The lowest BCUT2D eigenvalue weighted by atomic mass is 10.00. The van der Waals surface area contributed by atoms with Gasteiger partial charge >= 0.3 is 5.97 Å². The first-order chi connectivity index (χ1) is 11.7. The number of halogens is 1. The lowest BCUT2D eigenvalue weighted by Gasteiger charge is -2.08. The second kappa shape index (κ2) is 7.37. The number of nitrogens with one attached hydrogen (secondary N) is 1. The van der Waals surface area contributed by atoms with Gasteiger partial charge in [0.1, 0.15) is 0 Å². The van der Waals surface area contributed by atoms with Crippen LogP contribution in [0.15, 0.2) is 60.8 Å². The van der Waals surface area contributed by atoms with Gasteiger partial charge in [0.15, 0.2) is 0 Å². The zero-order chi connectivity index (χ0) is 16.9. The van der Waals surface area contributed by atoms with Gasteiger partial charge in [-0.15, -0.1) is 0 Å². The van der Waals surface area contributed by atoms with Crippen molar-refractivity contribution >= 4 is 17.6 Å². The van der Waals surface area contributed by atoms with Gasteiger partial charge in [0.05, 0.1) is 17.9 Å². The Bertz CT molecular complexity index is 840. The molecule has 0 bridgehead atoms. The van der Waals surface area contributed by atoms with E-state index >= 15 is 0 Å². The molecule has 0 amide bonds. The van der Waals surface area contributed by atoms with E-state index in [-0.39, 0.29) is 5.97 Å². The monoisotopic (exact) mass is 339 g/mol. The standard InChI is InChI=1S/C20H18ClNO2/c1-2-24-20(23)18-16(12-15-10-6-7-11-17(15)21)13-22-19(18)14-8-4-3-5-9-14/h3-11,13,22H,2,12H2,1H3. The van der Waals surface area contributed by atoms with Crippen molar-refractivity contribution in [1.29, 1.82) is 0 Å². The fourth-order valence-electron chi connectivity index (χ4n) is 2.72.